The smallest absolute Gasteiger partial charge is 0.182 e. The Balaban J connectivity index is 1.64. The van der Waals surface area contributed by atoms with Crippen molar-refractivity contribution in [1.29, 1.82) is 0 Å². The average Bonchev–Trinajstić information content (AvgIpc) is 3.08. The molecule has 7 heteroatoms. The predicted molar refractivity (Wildman–Crippen MR) is 109 cm³/mol. The maximum Gasteiger partial charge on any atom is 0.182 e. The first-order valence-corrected chi connectivity index (χ1v) is 10.0. The van der Waals surface area contributed by atoms with Crippen LogP contribution in [0.4, 0.5) is 5.82 Å². The van der Waals surface area contributed by atoms with Gasteiger partial charge in [-0.15, -0.1) is 0 Å². The third-order valence-corrected chi connectivity index (χ3v) is 5.76. The molecule has 1 aliphatic rings. The zero-order valence-electron chi connectivity index (χ0n) is 15.0. The highest BCUT2D eigenvalue weighted by molar-refractivity contribution is 9.10. The van der Waals surface area contributed by atoms with E-state index in [1.165, 1.54) is 37.7 Å². The molecule has 3 aromatic rings. The Kier molecular flexibility index (Phi) is 5.25. The lowest BCUT2D eigenvalue weighted by Crippen LogP contribution is -2.36. The van der Waals surface area contributed by atoms with Crippen molar-refractivity contribution in [1.82, 2.24) is 19.6 Å². The van der Waals surface area contributed by atoms with Crippen molar-refractivity contribution in [3.05, 3.63) is 46.8 Å². The van der Waals surface area contributed by atoms with E-state index >= 15 is 0 Å². The average molecular weight is 411 g/mol. The fourth-order valence-electron chi connectivity index (χ4n) is 3.67. The molecule has 3 heterocycles. The Hall–Kier alpha value is -1.89. The van der Waals surface area contributed by atoms with Crippen LogP contribution in [0.5, 0.6) is 0 Å². The molecule has 0 aromatic carbocycles. The first-order chi connectivity index (χ1) is 12.7. The van der Waals surface area contributed by atoms with Gasteiger partial charge >= 0.3 is 0 Å². The van der Waals surface area contributed by atoms with Gasteiger partial charge in [-0.1, -0.05) is 25.3 Å². The summed E-state index contributed by atoms with van der Waals surface area (Å²) in [5.74, 6) is 1.02. The van der Waals surface area contributed by atoms with E-state index in [0.29, 0.717) is 6.04 Å². The highest BCUT2D eigenvalue weighted by atomic mass is 79.9. The minimum Gasteiger partial charge on any atom is -0.357 e. The Bertz CT molecular complexity index is 876. The van der Waals surface area contributed by atoms with Crippen LogP contribution in [-0.2, 0) is 6.32 Å². The summed E-state index contributed by atoms with van der Waals surface area (Å²) in [6.07, 6.45) is 12.8. The quantitative estimate of drug-likeness (QED) is 0.606. The van der Waals surface area contributed by atoms with Crippen LogP contribution < -0.4 is 10.5 Å². The molecule has 26 heavy (non-hydrogen) atoms. The summed E-state index contributed by atoms with van der Waals surface area (Å²) >= 11 is 3.59. The fraction of sp³-hybridized carbons (Fsp3) is 0.421. The van der Waals surface area contributed by atoms with Crippen molar-refractivity contribution < 1.29 is 0 Å². The predicted octanol–water partition coefficient (Wildman–Crippen LogP) is 3.19. The molecule has 0 bridgehead atoms. The van der Waals surface area contributed by atoms with Crippen LogP contribution in [0.2, 0.25) is 0 Å². The molecule has 4 rings (SSSR count). The van der Waals surface area contributed by atoms with Gasteiger partial charge in [-0.25, -0.2) is 9.50 Å². The van der Waals surface area contributed by atoms with E-state index < -0.39 is 0 Å². The third-order valence-electron chi connectivity index (χ3n) is 5.20. The number of nitrogens with zero attached hydrogens (tertiary/aromatic N) is 5. The van der Waals surface area contributed by atoms with E-state index in [-0.39, 0.29) is 0 Å². The van der Waals surface area contributed by atoms with Gasteiger partial charge in [-0.3, -0.25) is 4.98 Å². The van der Waals surface area contributed by atoms with Crippen molar-refractivity contribution in [2.75, 3.05) is 11.9 Å². The topological polar surface area (TPSA) is 46.3 Å². The summed E-state index contributed by atoms with van der Waals surface area (Å²) in [5, 5.41) is 4.49. The van der Waals surface area contributed by atoms with Crippen LogP contribution in [-0.4, -0.2) is 40.0 Å². The molecule has 1 aliphatic carbocycles. The number of aromatic nitrogens is 4. The SMILES string of the molecule is CN(c1cc([B]Cc2cccnc2)n2ncc(Br)c2n1)C1CCCCC1. The summed E-state index contributed by atoms with van der Waals surface area (Å²) in [7, 11) is 4.37. The number of rotatable bonds is 5. The second-order valence-corrected chi connectivity index (χ2v) is 7.79. The largest absolute Gasteiger partial charge is 0.357 e. The van der Waals surface area contributed by atoms with Gasteiger partial charge in [0.1, 0.15) is 5.82 Å². The molecule has 0 atom stereocenters. The van der Waals surface area contributed by atoms with E-state index in [9.17, 15) is 0 Å². The van der Waals surface area contributed by atoms with Crippen LogP contribution in [0.3, 0.4) is 0 Å². The number of fused-ring (bicyclic) bond motifs is 1. The van der Waals surface area contributed by atoms with Crippen LogP contribution >= 0.6 is 15.9 Å². The minimum absolute atomic E-state index is 0.576. The zero-order chi connectivity index (χ0) is 17.9. The summed E-state index contributed by atoms with van der Waals surface area (Å²) < 4.78 is 2.82. The van der Waals surface area contributed by atoms with E-state index in [1.807, 2.05) is 23.0 Å². The van der Waals surface area contributed by atoms with Gasteiger partial charge in [0.2, 0.25) is 0 Å². The first kappa shape index (κ1) is 17.5. The minimum atomic E-state index is 0.576. The number of pyridine rings is 1. The Morgan fingerprint density at radius 2 is 2.12 bits per heavy atom. The van der Waals surface area contributed by atoms with Gasteiger partial charge in [0, 0.05) is 31.1 Å². The summed E-state index contributed by atoms with van der Waals surface area (Å²) in [4.78, 5) is 11.4. The molecule has 0 unspecified atom stereocenters. The summed E-state index contributed by atoms with van der Waals surface area (Å²) in [5.41, 5.74) is 3.11. The Labute approximate surface area is 163 Å². The van der Waals surface area contributed by atoms with Crippen LogP contribution in [0.25, 0.3) is 5.65 Å². The monoisotopic (exact) mass is 410 g/mol. The van der Waals surface area contributed by atoms with Gasteiger partial charge in [-0.2, -0.15) is 5.10 Å². The lowest BCUT2D eigenvalue weighted by molar-refractivity contribution is 0.426. The van der Waals surface area contributed by atoms with Crippen molar-refractivity contribution >= 4 is 40.3 Å². The molecular weight excluding hydrogens is 389 g/mol. The molecule has 0 spiro atoms. The van der Waals surface area contributed by atoms with Gasteiger partial charge in [0.25, 0.3) is 0 Å². The van der Waals surface area contributed by atoms with Gasteiger partial charge in [0.15, 0.2) is 12.9 Å². The van der Waals surface area contributed by atoms with Crippen molar-refractivity contribution in [3.63, 3.8) is 0 Å². The van der Waals surface area contributed by atoms with Gasteiger partial charge in [-0.05, 0) is 52.8 Å². The second-order valence-electron chi connectivity index (χ2n) is 6.94. The number of halogens is 1. The molecule has 0 aliphatic heterocycles. The maximum atomic E-state index is 4.87. The van der Waals surface area contributed by atoms with E-state index in [4.69, 9.17) is 4.98 Å². The molecule has 5 nitrogen and oxygen atoms in total. The van der Waals surface area contributed by atoms with E-state index in [2.05, 4.69) is 57.4 Å². The van der Waals surface area contributed by atoms with Crippen LogP contribution in [0.1, 0.15) is 37.7 Å². The number of hydrogen-bond acceptors (Lipinski definition) is 4. The van der Waals surface area contributed by atoms with Crippen molar-refractivity contribution in [2.45, 2.75) is 44.5 Å². The molecule has 0 N–H and O–H groups in total. The summed E-state index contributed by atoms with van der Waals surface area (Å²) in [6, 6.07) is 6.79. The molecule has 133 valence electrons. The standard InChI is InChI=1S/C19H22BBrN5/c1-25(15-7-3-2-4-8-15)18-10-17(20-11-14-6-5-9-22-12-14)26-19(24-18)16(21)13-23-26/h5-6,9-10,12-13,15H,2-4,7-8,11H2,1H3. The zero-order valence-corrected chi connectivity index (χ0v) is 16.6. The number of anilines is 1. The lowest BCUT2D eigenvalue weighted by atomic mass is 9.68. The molecule has 0 amide bonds. The lowest BCUT2D eigenvalue weighted by Gasteiger charge is -2.32. The maximum absolute atomic E-state index is 4.87. The highest BCUT2D eigenvalue weighted by Crippen LogP contribution is 2.26. The fourth-order valence-corrected chi connectivity index (χ4v) is 4.02. The highest BCUT2D eigenvalue weighted by Gasteiger charge is 2.21. The van der Waals surface area contributed by atoms with Crippen molar-refractivity contribution in [2.24, 2.45) is 0 Å². The van der Waals surface area contributed by atoms with Crippen LogP contribution in [0.15, 0.2) is 41.3 Å². The molecule has 0 saturated heterocycles. The summed E-state index contributed by atoms with van der Waals surface area (Å²) in [6.45, 7) is 0. The Morgan fingerprint density at radius 1 is 1.27 bits per heavy atom. The molecule has 1 radical (unpaired) electrons. The molecule has 1 fully saturated rings. The van der Waals surface area contributed by atoms with Gasteiger partial charge < -0.3 is 4.90 Å². The second kappa shape index (κ2) is 7.78. The first-order valence-electron chi connectivity index (χ1n) is 9.21. The molecule has 3 aromatic heterocycles. The van der Waals surface area contributed by atoms with Crippen LogP contribution in [0, 0.1) is 0 Å². The van der Waals surface area contributed by atoms with Gasteiger partial charge in [0.05, 0.1) is 10.7 Å². The van der Waals surface area contributed by atoms with E-state index in [1.54, 1.807) is 6.20 Å². The third kappa shape index (κ3) is 3.63. The molecular formula is C19H22BBrN5. The normalized spacial score (nSPS) is 15.3. The van der Waals surface area contributed by atoms with E-state index in [0.717, 1.165) is 27.9 Å². The van der Waals surface area contributed by atoms with Crippen molar-refractivity contribution in [3.8, 4) is 0 Å². The molecule has 1 saturated carbocycles. The Morgan fingerprint density at radius 3 is 2.88 bits per heavy atom. The number of hydrogen-bond donors (Lipinski definition) is 0.